The van der Waals surface area contributed by atoms with Crippen LogP contribution in [-0.2, 0) is 0 Å². The normalized spacial score (nSPS) is 12.2. The van der Waals surface area contributed by atoms with E-state index < -0.39 is 0 Å². The van der Waals surface area contributed by atoms with Crippen molar-refractivity contribution < 1.29 is 0 Å². The summed E-state index contributed by atoms with van der Waals surface area (Å²) < 4.78 is 10.3. The molecule has 0 unspecified atom stereocenters. The third-order valence-electron chi connectivity index (χ3n) is 14.1. The predicted molar refractivity (Wildman–Crippen MR) is 287 cm³/mol. The largest absolute Gasteiger partial charge is 0.308 e. The first kappa shape index (κ1) is 36.3. The van der Waals surface area contributed by atoms with Crippen LogP contribution in [0.15, 0.2) is 218 Å². The Kier molecular flexibility index (Phi) is 7.57. The SMILES string of the molecule is c1ccc(-n2c3ccc(-c4ccc(-c5ccc6c(c5)c5c7ccccc7c7c8ccccc8sc7c5n6-c5ccccc5)cc4)cc3c3c4ccccc4c4c5ccccc5sc4c32)cc1. The lowest BCUT2D eigenvalue weighted by Crippen LogP contribution is -1.93. The minimum absolute atomic E-state index is 1.17. The van der Waals surface area contributed by atoms with Gasteiger partial charge < -0.3 is 9.13 Å². The van der Waals surface area contributed by atoms with Crippen molar-refractivity contribution in [3.05, 3.63) is 218 Å². The van der Waals surface area contributed by atoms with Crippen molar-refractivity contribution >= 4 is 128 Å². The maximum absolute atomic E-state index is 2.50. The fourth-order valence-corrected chi connectivity index (χ4v) is 13.8. The first-order chi connectivity index (χ1) is 32.8. The van der Waals surface area contributed by atoms with E-state index in [4.69, 9.17) is 0 Å². The van der Waals surface area contributed by atoms with E-state index in [-0.39, 0.29) is 0 Å². The maximum Gasteiger partial charge on any atom is 0.0726 e. The second-order valence-electron chi connectivity index (χ2n) is 17.5. The summed E-state index contributed by atoms with van der Waals surface area (Å²) in [6, 6.07) is 81.0. The molecule has 0 N–H and O–H groups in total. The Hall–Kier alpha value is -8.02. The van der Waals surface area contributed by atoms with Crippen LogP contribution in [0.25, 0.3) is 139 Å². The van der Waals surface area contributed by atoms with Crippen molar-refractivity contribution in [3.8, 4) is 33.6 Å². The van der Waals surface area contributed by atoms with E-state index in [0.717, 1.165) is 0 Å². The zero-order chi connectivity index (χ0) is 43.0. The number of benzene rings is 11. The number of hydrogen-bond donors (Lipinski definition) is 0. The Labute approximate surface area is 387 Å². The Bertz CT molecular complexity index is 4200. The summed E-state index contributed by atoms with van der Waals surface area (Å²) in [6.07, 6.45) is 0. The van der Waals surface area contributed by atoms with E-state index in [2.05, 4.69) is 228 Å². The molecule has 0 aliphatic carbocycles. The molecule has 11 aromatic carbocycles. The summed E-state index contributed by atoms with van der Waals surface area (Å²) in [4.78, 5) is 0. The van der Waals surface area contributed by atoms with Crippen molar-refractivity contribution in [3.63, 3.8) is 0 Å². The lowest BCUT2D eigenvalue weighted by Gasteiger charge is -2.10. The highest BCUT2D eigenvalue weighted by Crippen LogP contribution is 2.50. The molecular weight excluding hydrogens is 837 g/mol. The second kappa shape index (κ2) is 13.7. The van der Waals surface area contributed by atoms with Crippen LogP contribution in [0.3, 0.4) is 0 Å². The van der Waals surface area contributed by atoms with Crippen LogP contribution >= 0.6 is 22.7 Å². The smallest absolute Gasteiger partial charge is 0.0726 e. The molecule has 15 aromatic rings. The molecule has 0 fully saturated rings. The summed E-state index contributed by atoms with van der Waals surface area (Å²) in [5, 5.41) is 15.7. The highest BCUT2D eigenvalue weighted by Gasteiger charge is 2.24. The molecule has 0 saturated carbocycles. The van der Waals surface area contributed by atoms with Crippen molar-refractivity contribution in [1.82, 2.24) is 9.13 Å². The van der Waals surface area contributed by atoms with Crippen LogP contribution < -0.4 is 0 Å². The van der Waals surface area contributed by atoms with Gasteiger partial charge in [-0.3, -0.25) is 0 Å². The van der Waals surface area contributed by atoms with E-state index in [1.165, 1.54) is 139 Å². The second-order valence-corrected chi connectivity index (χ2v) is 19.6. The lowest BCUT2D eigenvalue weighted by atomic mass is 9.95. The molecule has 0 atom stereocenters. The van der Waals surface area contributed by atoms with Crippen molar-refractivity contribution in [2.45, 2.75) is 0 Å². The molecule has 0 radical (unpaired) electrons. The molecule has 66 heavy (non-hydrogen) atoms. The minimum Gasteiger partial charge on any atom is -0.308 e. The fourth-order valence-electron chi connectivity index (χ4n) is 11.3. The monoisotopic (exact) mass is 872 g/mol. The summed E-state index contributed by atoms with van der Waals surface area (Å²) >= 11 is 3.82. The van der Waals surface area contributed by atoms with Crippen LogP contribution in [0.5, 0.6) is 0 Å². The van der Waals surface area contributed by atoms with Crippen molar-refractivity contribution in [1.29, 1.82) is 0 Å². The first-order valence-electron chi connectivity index (χ1n) is 22.6. The Morgan fingerprint density at radius 1 is 0.258 bits per heavy atom. The van der Waals surface area contributed by atoms with Crippen LogP contribution in [0.1, 0.15) is 0 Å². The number of fused-ring (bicyclic) bond motifs is 20. The highest BCUT2D eigenvalue weighted by atomic mass is 32.1. The van der Waals surface area contributed by atoms with Crippen LogP contribution in [0, 0.1) is 0 Å². The number of aromatic nitrogens is 2. The van der Waals surface area contributed by atoms with Gasteiger partial charge in [-0.15, -0.1) is 22.7 Å². The van der Waals surface area contributed by atoms with Gasteiger partial charge in [0.1, 0.15) is 0 Å². The molecule has 0 bridgehead atoms. The molecule has 0 aliphatic heterocycles. The van der Waals surface area contributed by atoms with Gasteiger partial charge in [-0.1, -0.05) is 158 Å². The molecule has 4 aromatic heterocycles. The molecule has 0 saturated heterocycles. The first-order valence-corrected chi connectivity index (χ1v) is 24.2. The van der Waals surface area contributed by atoms with Gasteiger partial charge in [0.15, 0.2) is 0 Å². The van der Waals surface area contributed by atoms with Crippen LogP contribution in [0.4, 0.5) is 0 Å². The van der Waals surface area contributed by atoms with Gasteiger partial charge in [0.05, 0.1) is 31.5 Å². The summed E-state index contributed by atoms with van der Waals surface area (Å²) in [7, 11) is 0. The topological polar surface area (TPSA) is 9.86 Å². The molecule has 2 nitrogen and oxygen atoms in total. The van der Waals surface area contributed by atoms with Crippen molar-refractivity contribution in [2.24, 2.45) is 0 Å². The van der Waals surface area contributed by atoms with E-state index >= 15 is 0 Å². The fraction of sp³-hybridized carbons (Fsp3) is 0. The summed E-state index contributed by atoms with van der Waals surface area (Å²) in [6.45, 7) is 0. The van der Waals surface area contributed by atoms with E-state index in [9.17, 15) is 0 Å². The van der Waals surface area contributed by atoms with E-state index in [1.54, 1.807) is 0 Å². The number of nitrogens with zero attached hydrogens (tertiary/aromatic N) is 2. The minimum atomic E-state index is 1.17. The molecule has 15 rings (SSSR count). The van der Waals surface area contributed by atoms with E-state index in [0.29, 0.717) is 0 Å². The zero-order valence-corrected chi connectivity index (χ0v) is 37.1. The number of hydrogen-bond acceptors (Lipinski definition) is 2. The van der Waals surface area contributed by atoms with Gasteiger partial charge in [0.2, 0.25) is 0 Å². The van der Waals surface area contributed by atoms with E-state index in [1.807, 2.05) is 22.7 Å². The average molecular weight is 873 g/mol. The quantitative estimate of drug-likeness (QED) is 0.167. The molecule has 0 aliphatic rings. The molecule has 0 amide bonds. The highest BCUT2D eigenvalue weighted by molar-refractivity contribution is 7.27. The molecule has 0 spiro atoms. The van der Waals surface area contributed by atoms with Gasteiger partial charge in [-0.2, -0.15) is 0 Å². The molecule has 306 valence electrons. The van der Waals surface area contributed by atoms with Gasteiger partial charge in [0, 0.05) is 63.9 Å². The van der Waals surface area contributed by atoms with Crippen molar-refractivity contribution in [2.75, 3.05) is 0 Å². The maximum atomic E-state index is 2.50. The third kappa shape index (κ3) is 5.00. The lowest BCUT2D eigenvalue weighted by molar-refractivity contribution is 1.19. The third-order valence-corrected chi connectivity index (χ3v) is 16.4. The number of para-hydroxylation sites is 2. The van der Waals surface area contributed by atoms with Gasteiger partial charge >= 0.3 is 0 Å². The number of thiophene rings is 2. The molecule has 4 heteroatoms. The Morgan fingerprint density at radius 3 is 1.00 bits per heavy atom. The Balaban J connectivity index is 0.930. The number of rotatable bonds is 4. The van der Waals surface area contributed by atoms with Gasteiger partial charge in [-0.25, -0.2) is 0 Å². The summed E-state index contributed by atoms with van der Waals surface area (Å²) in [5.41, 5.74) is 12.2. The predicted octanol–water partition coefficient (Wildman–Crippen LogP) is 18.3. The summed E-state index contributed by atoms with van der Waals surface area (Å²) in [5.74, 6) is 0. The van der Waals surface area contributed by atoms with Gasteiger partial charge in [-0.05, 0) is 104 Å². The average Bonchev–Trinajstić information content (AvgIpc) is 4.15. The Morgan fingerprint density at radius 2 is 0.591 bits per heavy atom. The van der Waals surface area contributed by atoms with Crippen LogP contribution in [0.2, 0.25) is 0 Å². The zero-order valence-electron chi connectivity index (χ0n) is 35.5. The standard InChI is InChI=1S/C62H36N2S2/c1-3-15-41(16-4-1)63-51-33-31-39(35-49(51)55-43-19-7-9-21-45(43)57-47-23-11-13-25-53(47)65-61(57)59(55)63)37-27-29-38(30-28-37)40-32-34-52-50(36-40)56-44-20-8-10-22-46(44)58-48-24-12-14-26-54(48)66-62(58)60(56)64(52)42-17-5-2-6-18-42/h1-36H. The van der Waals surface area contributed by atoms with Crippen LogP contribution in [-0.4, -0.2) is 9.13 Å². The molecule has 4 heterocycles. The molecular formula is C62H36N2S2. The van der Waals surface area contributed by atoms with Gasteiger partial charge in [0.25, 0.3) is 0 Å².